The summed E-state index contributed by atoms with van der Waals surface area (Å²) in [7, 11) is -3.58. The highest BCUT2D eigenvalue weighted by molar-refractivity contribution is 7.91. The quantitative estimate of drug-likeness (QED) is 0.447. The van der Waals surface area contributed by atoms with Crippen molar-refractivity contribution in [2.45, 2.75) is 29.6 Å². The van der Waals surface area contributed by atoms with Gasteiger partial charge in [-0.15, -0.1) is 11.3 Å². The number of imidazole rings is 1. The fraction of sp³-hybridized carbons (Fsp3) is 0.227. The van der Waals surface area contributed by atoms with E-state index in [-0.39, 0.29) is 11.9 Å². The van der Waals surface area contributed by atoms with Crippen LogP contribution in [0.3, 0.4) is 0 Å². The van der Waals surface area contributed by atoms with Crippen LogP contribution < -0.4 is 0 Å². The fourth-order valence-corrected chi connectivity index (χ4v) is 6.87. The van der Waals surface area contributed by atoms with Gasteiger partial charge in [-0.25, -0.2) is 17.8 Å². The van der Waals surface area contributed by atoms with Gasteiger partial charge in [-0.05, 0) is 54.1 Å². The number of aromatic nitrogens is 2. The van der Waals surface area contributed by atoms with E-state index in [0.717, 1.165) is 35.3 Å². The van der Waals surface area contributed by atoms with Crippen LogP contribution in [0.15, 0.2) is 70.3 Å². The first-order chi connectivity index (χ1) is 14.5. The Kier molecular flexibility index (Phi) is 4.92. The smallest absolute Gasteiger partial charge is 0.253 e. The Bertz CT molecular complexity index is 1280. The third-order valence-electron chi connectivity index (χ3n) is 5.50. The van der Waals surface area contributed by atoms with E-state index in [9.17, 15) is 12.8 Å². The van der Waals surface area contributed by atoms with Crippen LogP contribution in [-0.2, 0) is 16.6 Å². The van der Waals surface area contributed by atoms with Gasteiger partial charge in [-0.1, -0.05) is 30.3 Å². The van der Waals surface area contributed by atoms with Gasteiger partial charge in [0.1, 0.15) is 15.9 Å². The number of para-hydroxylation sites is 2. The van der Waals surface area contributed by atoms with Crippen LogP contribution in [-0.4, -0.2) is 28.8 Å². The monoisotopic (exact) mass is 441 g/mol. The minimum atomic E-state index is -3.58. The molecule has 0 spiro atoms. The molecule has 1 saturated heterocycles. The number of hydrogen-bond acceptors (Lipinski definition) is 4. The third kappa shape index (κ3) is 3.34. The minimum Gasteiger partial charge on any atom is -0.322 e. The van der Waals surface area contributed by atoms with E-state index < -0.39 is 10.0 Å². The summed E-state index contributed by atoms with van der Waals surface area (Å²) in [6, 6.07) is 17.3. The van der Waals surface area contributed by atoms with Crippen molar-refractivity contribution < 1.29 is 12.8 Å². The number of fused-ring (bicyclic) bond motifs is 1. The standard InChI is InChI=1S/C22H20FN3O2S2/c23-17-11-9-16(10-12-17)15-25-19-6-2-1-5-18(19)24-22(25)20-7-3-13-26(20)30(27,28)21-8-4-14-29-21/h1-2,4-6,8-12,14,20H,3,7,13,15H2/t20-/m0/s1. The first kappa shape index (κ1) is 19.4. The lowest BCUT2D eigenvalue weighted by Gasteiger charge is -2.24. The summed E-state index contributed by atoms with van der Waals surface area (Å²) in [5, 5.41) is 1.78. The van der Waals surface area contributed by atoms with Crippen LogP contribution >= 0.6 is 11.3 Å². The maximum absolute atomic E-state index is 13.4. The summed E-state index contributed by atoms with van der Waals surface area (Å²) in [6.45, 7) is 0.976. The normalized spacial score (nSPS) is 17.7. The van der Waals surface area contributed by atoms with Crippen molar-refractivity contribution in [1.29, 1.82) is 0 Å². The van der Waals surface area contributed by atoms with Gasteiger partial charge in [-0.3, -0.25) is 0 Å². The second-order valence-electron chi connectivity index (χ2n) is 7.38. The Morgan fingerprint density at radius 3 is 2.63 bits per heavy atom. The largest absolute Gasteiger partial charge is 0.322 e. The van der Waals surface area contributed by atoms with Crippen LogP contribution in [0.1, 0.15) is 30.3 Å². The summed E-state index contributed by atoms with van der Waals surface area (Å²) in [6.07, 6.45) is 1.51. The van der Waals surface area contributed by atoms with E-state index >= 15 is 0 Å². The Hall–Kier alpha value is -2.55. The third-order valence-corrected chi connectivity index (χ3v) is 8.78. The van der Waals surface area contributed by atoms with Crippen LogP contribution in [0, 0.1) is 5.82 Å². The van der Waals surface area contributed by atoms with Gasteiger partial charge in [0.25, 0.3) is 10.0 Å². The number of rotatable bonds is 5. The van der Waals surface area contributed by atoms with Crippen molar-refractivity contribution in [3.63, 3.8) is 0 Å². The van der Waals surface area contributed by atoms with E-state index in [1.807, 2.05) is 24.3 Å². The highest BCUT2D eigenvalue weighted by Crippen LogP contribution is 2.38. The van der Waals surface area contributed by atoms with Gasteiger partial charge in [0.2, 0.25) is 0 Å². The highest BCUT2D eigenvalue weighted by atomic mass is 32.2. The molecule has 2 aromatic heterocycles. The van der Waals surface area contributed by atoms with Crippen LogP contribution in [0.25, 0.3) is 11.0 Å². The number of thiophene rings is 1. The molecule has 1 aliphatic heterocycles. The molecule has 0 saturated carbocycles. The first-order valence-corrected chi connectivity index (χ1v) is 12.1. The van der Waals surface area contributed by atoms with Crippen molar-refractivity contribution in [2.75, 3.05) is 6.54 Å². The summed E-state index contributed by atoms with van der Waals surface area (Å²) < 4.78 is 43.9. The molecule has 0 amide bonds. The number of benzene rings is 2. The maximum Gasteiger partial charge on any atom is 0.253 e. The predicted molar refractivity (Wildman–Crippen MR) is 115 cm³/mol. The van der Waals surface area contributed by atoms with E-state index in [0.29, 0.717) is 17.3 Å². The van der Waals surface area contributed by atoms with Gasteiger partial charge in [0.05, 0.1) is 17.1 Å². The molecule has 4 aromatic rings. The molecule has 0 N–H and O–H groups in total. The minimum absolute atomic E-state index is 0.279. The lowest BCUT2D eigenvalue weighted by atomic mass is 10.2. The summed E-state index contributed by atoms with van der Waals surface area (Å²) in [4.78, 5) is 4.84. The van der Waals surface area contributed by atoms with Crippen LogP contribution in [0.2, 0.25) is 0 Å². The van der Waals surface area contributed by atoms with Gasteiger partial charge >= 0.3 is 0 Å². The predicted octanol–water partition coefficient (Wildman–Crippen LogP) is 4.81. The van der Waals surface area contributed by atoms with Crippen molar-refractivity contribution in [1.82, 2.24) is 13.9 Å². The summed E-state index contributed by atoms with van der Waals surface area (Å²) in [5.74, 6) is 0.455. The molecule has 0 unspecified atom stereocenters. The second-order valence-corrected chi connectivity index (χ2v) is 10.4. The zero-order valence-electron chi connectivity index (χ0n) is 16.1. The van der Waals surface area contributed by atoms with E-state index in [2.05, 4.69) is 4.57 Å². The molecule has 30 heavy (non-hydrogen) atoms. The van der Waals surface area contributed by atoms with Crippen molar-refractivity contribution >= 4 is 32.4 Å². The van der Waals surface area contributed by atoms with Gasteiger partial charge in [0.15, 0.2) is 0 Å². The van der Waals surface area contributed by atoms with E-state index in [1.165, 1.54) is 23.5 Å². The average molecular weight is 442 g/mol. The molecule has 5 rings (SSSR count). The SMILES string of the molecule is O=S(=O)(c1cccs1)N1CCC[C@H]1c1nc2ccccc2n1Cc1ccc(F)cc1. The van der Waals surface area contributed by atoms with Crippen LogP contribution in [0.4, 0.5) is 4.39 Å². The first-order valence-electron chi connectivity index (χ1n) is 9.79. The molecule has 0 aliphatic carbocycles. The van der Waals surface area contributed by atoms with E-state index in [4.69, 9.17) is 4.98 Å². The number of halogens is 1. The zero-order valence-corrected chi connectivity index (χ0v) is 17.7. The highest BCUT2D eigenvalue weighted by Gasteiger charge is 2.39. The second kappa shape index (κ2) is 7.61. The molecule has 1 fully saturated rings. The zero-order chi connectivity index (χ0) is 20.7. The van der Waals surface area contributed by atoms with Crippen molar-refractivity contribution in [2.24, 2.45) is 0 Å². The number of hydrogen-bond donors (Lipinski definition) is 0. The van der Waals surface area contributed by atoms with E-state index in [1.54, 1.807) is 34.0 Å². The van der Waals surface area contributed by atoms with Gasteiger partial charge < -0.3 is 4.57 Å². The topological polar surface area (TPSA) is 55.2 Å². The Labute approximate surface area is 178 Å². The Morgan fingerprint density at radius 1 is 1.07 bits per heavy atom. The summed E-state index contributed by atoms with van der Waals surface area (Å²) in [5.41, 5.74) is 2.71. The molecule has 0 radical (unpaired) electrons. The molecule has 3 heterocycles. The fourth-order valence-electron chi connectivity index (χ4n) is 4.10. The lowest BCUT2D eigenvalue weighted by Crippen LogP contribution is -2.31. The molecule has 1 aliphatic rings. The summed E-state index contributed by atoms with van der Waals surface area (Å²) >= 11 is 1.23. The lowest BCUT2D eigenvalue weighted by molar-refractivity contribution is 0.377. The van der Waals surface area contributed by atoms with Crippen molar-refractivity contribution in [3.05, 3.63) is 83.2 Å². The van der Waals surface area contributed by atoms with Crippen molar-refractivity contribution in [3.8, 4) is 0 Å². The van der Waals surface area contributed by atoms with Gasteiger partial charge in [0, 0.05) is 13.1 Å². The molecular formula is C22H20FN3O2S2. The molecule has 154 valence electrons. The van der Waals surface area contributed by atoms with Crippen LogP contribution in [0.5, 0.6) is 0 Å². The number of nitrogens with zero attached hydrogens (tertiary/aromatic N) is 3. The van der Waals surface area contributed by atoms with Gasteiger partial charge in [-0.2, -0.15) is 4.31 Å². The number of sulfonamides is 1. The average Bonchev–Trinajstić information content (AvgIpc) is 3.50. The molecule has 8 heteroatoms. The Morgan fingerprint density at radius 2 is 1.87 bits per heavy atom. The molecule has 5 nitrogen and oxygen atoms in total. The molecular weight excluding hydrogens is 421 g/mol. The maximum atomic E-state index is 13.4. The Balaban J connectivity index is 1.60. The molecule has 2 aromatic carbocycles. The molecule has 0 bridgehead atoms. The molecule has 1 atom stereocenters.